The zero-order valence-corrected chi connectivity index (χ0v) is 16.5. The van der Waals surface area contributed by atoms with E-state index in [0.29, 0.717) is 0 Å². The highest BCUT2D eigenvalue weighted by molar-refractivity contribution is 6.89. The van der Waals surface area contributed by atoms with E-state index in [4.69, 9.17) is 4.11 Å². The van der Waals surface area contributed by atoms with Gasteiger partial charge in [-0.3, -0.25) is 4.98 Å². The number of rotatable bonds is 5. The van der Waals surface area contributed by atoms with Crippen molar-refractivity contribution in [2.45, 2.75) is 59.6 Å². The van der Waals surface area contributed by atoms with Gasteiger partial charge in [-0.1, -0.05) is 65.5 Å². The Bertz CT molecular complexity index is 787. The van der Waals surface area contributed by atoms with Crippen LogP contribution in [0.25, 0.3) is 11.3 Å². The molecule has 2 aromatic rings. The Morgan fingerprint density at radius 2 is 1.83 bits per heavy atom. The van der Waals surface area contributed by atoms with Crippen LogP contribution in [0.4, 0.5) is 0 Å². The third-order valence-electron chi connectivity index (χ3n) is 3.89. The molecule has 0 atom stereocenters. The van der Waals surface area contributed by atoms with E-state index in [2.05, 4.69) is 24.6 Å². The van der Waals surface area contributed by atoms with Gasteiger partial charge in [-0.15, -0.1) is 0 Å². The second kappa shape index (κ2) is 7.00. The summed E-state index contributed by atoms with van der Waals surface area (Å²) >= 11 is 0. The lowest BCUT2D eigenvalue weighted by Gasteiger charge is -2.22. The summed E-state index contributed by atoms with van der Waals surface area (Å²) in [5.41, 5.74) is 3.41. The highest BCUT2D eigenvalue weighted by Crippen LogP contribution is 2.24. The second-order valence-corrected chi connectivity index (χ2v) is 12.8. The van der Waals surface area contributed by atoms with Gasteiger partial charge in [0.2, 0.25) is 0 Å². The molecule has 1 aromatic heterocycles. The van der Waals surface area contributed by atoms with Gasteiger partial charge in [0.25, 0.3) is 0 Å². The molecule has 0 fully saturated rings. The maximum absolute atomic E-state index is 8.67. The molecule has 23 heavy (non-hydrogen) atoms. The van der Waals surface area contributed by atoms with E-state index in [0.717, 1.165) is 27.6 Å². The van der Waals surface area contributed by atoms with E-state index in [1.54, 1.807) is 0 Å². The van der Waals surface area contributed by atoms with Crippen LogP contribution in [0.5, 0.6) is 0 Å². The van der Waals surface area contributed by atoms with Gasteiger partial charge in [-0.2, -0.15) is 0 Å². The molecule has 0 saturated heterocycles. The first-order chi connectivity index (χ1) is 11.7. The van der Waals surface area contributed by atoms with Crippen molar-refractivity contribution < 1.29 is 4.11 Å². The van der Waals surface area contributed by atoms with Crippen molar-refractivity contribution in [3.8, 4) is 11.3 Å². The molecule has 0 N–H and O–H groups in total. The number of hydrogen-bond donors (Lipinski definition) is 0. The van der Waals surface area contributed by atoms with E-state index in [1.165, 1.54) is 0 Å². The van der Waals surface area contributed by atoms with Crippen molar-refractivity contribution in [1.29, 1.82) is 0 Å². The molecule has 1 aromatic carbocycles. The number of hydrogen-bond acceptors (Lipinski definition) is 1. The van der Waals surface area contributed by atoms with Crippen molar-refractivity contribution in [1.82, 2.24) is 4.98 Å². The topological polar surface area (TPSA) is 12.9 Å². The summed E-state index contributed by atoms with van der Waals surface area (Å²) in [5.74, 6) is -0.796. The Kier molecular flexibility index (Phi) is 4.25. The molecule has 0 unspecified atom stereocenters. The highest BCUT2D eigenvalue weighted by atomic mass is 28.3. The van der Waals surface area contributed by atoms with Crippen molar-refractivity contribution in [2.24, 2.45) is 5.92 Å². The summed E-state index contributed by atoms with van der Waals surface area (Å²) in [6.07, 6.45) is 0.481. The second-order valence-electron chi connectivity index (χ2n) is 7.74. The lowest BCUT2D eigenvalue weighted by atomic mass is 9.98. The largest absolute Gasteiger partial charge is 0.256 e. The smallest absolute Gasteiger partial charge is 0.0799 e. The van der Waals surface area contributed by atoms with Crippen molar-refractivity contribution in [2.75, 3.05) is 0 Å². The van der Waals surface area contributed by atoms with E-state index in [-0.39, 0.29) is 5.92 Å². The van der Waals surface area contributed by atoms with Gasteiger partial charge >= 0.3 is 0 Å². The predicted molar refractivity (Wildman–Crippen MR) is 105 cm³/mol. The number of benzene rings is 1. The van der Waals surface area contributed by atoms with Crippen molar-refractivity contribution in [3.63, 3.8) is 0 Å². The van der Waals surface area contributed by atoms with E-state index >= 15 is 0 Å². The molecule has 0 radical (unpaired) electrons. The van der Waals surface area contributed by atoms with E-state index in [1.807, 2.05) is 64.2 Å². The minimum Gasteiger partial charge on any atom is -0.256 e. The van der Waals surface area contributed by atoms with E-state index in [9.17, 15) is 0 Å². The van der Waals surface area contributed by atoms with Crippen molar-refractivity contribution >= 4 is 13.3 Å². The zero-order chi connectivity index (χ0) is 19.9. The van der Waals surface area contributed by atoms with Gasteiger partial charge in [-0.05, 0) is 46.6 Å². The summed E-state index contributed by atoms with van der Waals surface area (Å²) < 4.78 is 25.6. The van der Waals surface area contributed by atoms with Crippen LogP contribution in [-0.2, 0) is 6.37 Å². The van der Waals surface area contributed by atoms with Gasteiger partial charge < -0.3 is 0 Å². The molecule has 0 spiro atoms. The van der Waals surface area contributed by atoms with E-state index < -0.39 is 20.3 Å². The zero-order valence-electron chi connectivity index (χ0n) is 18.5. The summed E-state index contributed by atoms with van der Waals surface area (Å²) in [4.78, 5) is 4.68. The molecule has 0 amide bonds. The molecular formula is C21H31NSi. The average Bonchev–Trinajstić information content (AvgIpc) is 2.52. The Morgan fingerprint density at radius 3 is 2.39 bits per heavy atom. The van der Waals surface area contributed by atoms with Crippen LogP contribution in [-0.4, -0.2) is 13.1 Å². The Labute approximate surface area is 147 Å². The molecule has 0 aliphatic rings. The number of pyridine rings is 1. The SMILES string of the molecule is [2H]C(C)(C)c1cccc(-c2cc(C([2H])([2H])C(C)C)c([Si](C)(C)C)cn2)c1. The van der Waals surface area contributed by atoms with Gasteiger partial charge in [-0.25, -0.2) is 0 Å². The lowest BCUT2D eigenvalue weighted by Crippen LogP contribution is -2.40. The highest BCUT2D eigenvalue weighted by Gasteiger charge is 2.21. The first-order valence-corrected chi connectivity index (χ1v) is 11.9. The minimum atomic E-state index is -1.73. The summed E-state index contributed by atoms with van der Waals surface area (Å²) in [5, 5.41) is 1.08. The average molecular weight is 329 g/mol. The van der Waals surface area contributed by atoms with Crippen LogP contribution in [0.15, 0.2) is 36.5 Å². The van der Waals surface area contributed by atoms with Gasteiger partial charge in [0.15, 0.2) is 0 Å². The summed E-state index contributed by atoms with van der Waals surface area (Å²) in [6.45, 7) is 14.3. The predicted octanol–water partition coefficient (Wildman–Crippen LogP) is 5.62. The third-order valence-corrected chi connectivity index (χ3v) is 5.91. The minimum absolute atomic E-state index is 0.119. The molecule has 0 bridgehead atoms. The third kappa shape index (κ3) is 4.54. The van der Waals surface area contributed by atoms with Crippen molar-refractivity contribution in [3.05, 3.63) is 47.7 Å². The molecule has 2 rings (SSSR count). The summed E-state index contributed by atoms with van der Waals surface area (Å²) in [6, 6.07) is 9.83. The molecule has 0 aliphatic carbocycles. The van der Waals surface area contributed by atoms with Crippen LogP contribution in [0.3, 0.4) is 0 Å². The maximum Gasteiger partial charge on any atom is 0.0799 e. The van der Waals surface area contributed by atoms with Gasteiger partial charge in [0.1, 0.15) is 0 Å². The lowest BCUT2D eigenvalue weighted by molar-refractivity contribution is 0.649. The maximum atomic E-state index is 8.67. The molecule has 1 heterocycles. The normalized spacial score (nSPS) is 15.2. The molecule has 2 heteroatoms. The van der Waals surface area contributed by atoms with Crippen LogP contribution in [0, 0.1) is 5.92 Å². The fraction of sp³-hybridized carbons (Fsp3) is 0.476. The Hall–Kier alpha value is -1.41. The summed E-state index contributed by atoms with van der Waals surface area (Å²) in [7, 11) is -1.73. The van der Waals surface area contributed by atoms with Gasteiger partial charge in [0, 0.05) is 15.9 Å². The van der Waals surface area contributed by atoms with Crippen LogP contribution in [0.1, 0.15) is 48.8 Å². The molecular weight excluding hydrogens is 294 g/mol. The Balaban J connectivity index is 2.67. The van der Waals surface area contributed by atoms with Crippen LogP contribution >= 0.6 is 0 Å². The standard InChI is InChI=1S/C21H31NSi/c1-15(2)11-19-13-20(22-14-21(19)23(5,6)7)18-10-8-9-17(12-18)16(3)4/h8-10,12-16H,11H2,1-7H3/i11D2,16D. The molecule has 124 valence electrons. The number of nitrogens with zero attached hydrogens (tertiary/aromatic N) is 1. The van der Waals surface area contributed by atoms with Gasteiger partial charge in [0.05, 0.1) is 13.8 Å². The first kappa shape index (κ1) is 14.0. The monoisotopic (exact) mass is 328 g/mol. The first-order valence-electron chi connectivity index (χ1n) is 9.86. The number of aromatic nitrogens is 1. The van der Waals surface area contributed by atoms with Crippen LogP contribution < -0.4 is 5.19 Å². The molecule has 1 nitrogen and oxygen atoms in total. The fourth-order valence-electron chi connectivity index (χ4n) is 2.63. The fourth-order valence-corrected chi connectivity index (χ4v) is 4.04. The Morgan fingerprint density at radius 1 is 1.13 bits per heavy atom. The molecule has 0 saturated carbocycles. The van der Waals surface area contributed by atoms with Crippen LogP contribution in [0.2, 0.25) is 19.6 Å². The molecule has 0 aliphatic heterocycles. The quantitative estimate of drug-likeness (QED) is 0.650.